The number of hydrogen-bond donors (Lipinski definition) is 1. The lowest BCUT2D eigenvalue weighted by Gasteiger charge is -2.35. The number of nitrogens with zero attached hydrogens (tertiary/aromatic N) is 1. The van der Waals surface area contributed by atoms with Crippen molar-refractivity contribution in [1.82, 2.24) is 4.90 Å². The van der Waals surface area contributed by atoms with Crippen LogP contribution in [0.2, 0.25) is 0 Å². The highest BCUT2D eigenvalue weighted by Crippen LogP contribution is 2.33. The van der Waals surface area contributed by atoms with E-state index in [1.807, 2.05) is 4.90 Å². The zero-order valence-corrected chi connectivity index (χ0v) is 10.6. The zero-order valence-electron chi connectivity index (χ0n) is 10.6. The van der Waals surface area contributed by atoms with Gasteiger partial charge in [0.2, 0.25) is 5.91 Å². The minimum absolute atomic E-state index is 0.206. The van der Waals surface area contributed by atoms with Crippen LogP contribution in [-0.4, -0.2) is 29.4 Å². The molecule has 2 aliphatic rings. The van der Waals surface area contributed by atoms with Crippen LogP contribution in [0, 0.1) is 5.41 Å². The lowest BCUT2D eigenvalue weighted by atomic mass is 9.81. The van der Waals surface area contributed by atoms with Gasteiger partial charge in [0, 0.05) is 13.1 Å². The molecule has 2 fully saturated rings. The second kappa shape index (κ2) is 4.02. The van der Waals surface area contributed by atoms with Crippen molar-refractivity contribution in [1.29, 1.82) is 0 Å². The predicted molar refractivity (Wildman–Crippen MR) is 65.0 cm³/mol. The van der Waals surface area contributed by atoms with Gasteiger partial charge in [0.25, 0.3) is 0 Å². The minimum Gasteiger partial charge on any atom is -0.341 e. The molecule has 3 nitrogen and oxygen atoms in total. The maximum atomic E-state index is 12.4. The van der Waals surface area contributed by atoms with E-state index in [4.69, 9.17) is 5.73 Å². The van der Waals surface area contributed by atoms with Crippen LogP contribution in [0.4, 0.5) is 0 Å². The molecule has 0 aromatic rings. The molecule has 0 unspecified atom stereocenters. The summed E-state index contributed by atoms with van der Waals surface area (Å²) in [4.78, 5) is 14.4. The van der Waals surface area contributed by atoms with Crippen LogP contribution in [0.15, 0.2) is 0 Å². The van der Waals surface area contributed by atoms with Gasteiger partial charge in [-0.2, -0.15) is 0 Å². The molecule has 3 heteroatoms. The molecular weight excluding hydrogens is 200 g/mol. The summed E-state index contributed by atoms with van der Waals surface area (Å²) < 4.78 is 0. The van der Waals surface area contributed by atoms with Gasteiger partial charge in [-0.3, -0.25) is 4.79 Å². The number of carbonyl (C=O) groups excluding carboxylic acids is 1. The Balaban J connectivity index is 2.02. The van der Waals surface area contributed by atoms with Crippen molar-refractivity contribution >= 4 is 5.91 Å². The average Bonchev–Trinajstić information content (AvgIpc) is 2.59. The molecule has 1 saturated heterocycles. The topological polar surface area (TPSA) is 46.3 Å². The lowest BCUT2D eigenvalue weighted by molar-refractivity contribution is -0.137. The Hall–Kier alpha value is -0.570. The fraction of sp³-hybridized carbons (Fsp3) is 0.923. The second-order valence-corrected chi connectivity index (χ2v) is 6.36. The number of hydrogen-bond acceptors (Lipinski definition) is 2. The molecule has 0 aromatic carbocycles. The van der Waals surface area contributed by atoms with Crippen molar-refractivity contribution in [3.05, 3.63) is 0 Å². The first-order valence-corrected chi connectivity index (χ1v) is 6.51. The maximum Gasteiger partial charge on any atom is 0.242 e. The maximum absolute atomic E-state index is 12.4. The van der Waals surface area contributed by atoms with Gasteiger partial charge in [-0.25, -0.2) is 0 Å². The number of carbonyl (C=O) groups is 1. The predicted octanol–water partition coefficient (Wildman–Crippen LogP) is 1.91. The summed E-state index contributed by atoms with van der Waals surface area (Å²) in [6, 6.07) is 0. The summed E-state index contributed by atoms with van der Waals surface area (Å²) in [6.45, 7) is 6.23. The number of nitrogens with two attached hydrogens (primary N) is 1. The first-order valence-electron chi connectivity index (χ1n) is 6.51. The van der Waals surface area contributed by atoms with E-state index in [0.29, 0.717) is 0 Å². The highest BCUT2D eigenvalue weighted by atomic mass is 16.2. The third kappa shape index (κ3) is 2.24. The summed E-state index contributed by atoms with van der Waals surface area (Å²) >= 11 is 0. The molecule has 16 heavy (non-hydrogen) atoms. The Morgan fingerprint density at radius 3 is 2.25 bits per heavy atom. The van der Waals surface area contributed by atoms with E-state index in [0.717, 1.165) is 45.2 Å². The SMILES string of the molecule is CC1(C)CCN(C(=O)C2(N)CCCCC2)C1. The van der Waals surface area contributed by atoms with Gasteiger partial charge in [-0.15, -0.1) is 0 Å². The molecule has 0 spiro atoms. The van der Waals surface area contributed by atoms with Crippen LogP contribution in [0.1, 0.15) is 52.4 Å². The average molecular weight is 224 g/mol. The van der Waals surface area contributed by atoms with Gasteiger partial charge in [0.1, 0.15) is 0 Å². The van der Waals surface area contributed by atoms with Crippen molar-refractivity contribution in [2.24, 2.45) is 11.1 Å². The molecule has 0 aromatic heterocycles. The fourth-order valence-electron chi connectivity index (χ4n) is 3.00. The standard InChI is InChI=1S/C13H24N2O/c1-12(2)8-9-15(10-12)11(16)13(14)6-4-3-5-7-13/h3-10,14H2,1-2H3. The third-order valence-corrected chi connectivity index (χ3v) is 4.14. The van der Waals surface area contributed by atoms with Crippen LogP contribution in [0.5, 0.6) is 0 Å². The van der Waals surface area contributed by atoms with Crippen LogP contribution >= 0.6 is 0 Å². The van der Waals surface area contributed by atoms with Gasteiger partial charge in [-0.05, 0) is 24.7 Å². The van der Waals surface area contributed by atoms with E-state index >= 15 is 0 Å². The van der Waals surface area contributed by atoms with E-state index in [1.54, 1.807) is 0 Å². The molecule has 0 radical (unpaired) electrons. The molecule has 92 valence electrons. The second-order valence-electron chi connectivity index (χ2n) is 6.36. The molecule has 0 bridgehead atoms. The monoisotopic (exact) mass is 224 g/mol. The van der Waals surface area contributed by atoms with E-state index in [2.05, 4.69) is 13.8 Å². The van der Waals surface area contributed by atoms with Gasteiger partial charge in [0.15, 0.2) is 0 Å². The summed E-state index contributed by atoms with van der Waals surface area (Å²) in [5.74, 6) is 0.206. The van der Waals surface area contributed by atoms with Gasteiger partial charge in [0.05, 0.1) is 5.54 Å². The lowest BCUT2D eigenvalue weighted by Crippen LogP contribution is -2.55. The quantitative estimate of drug-likeness (QED) is 0.739. The molecule has 1 aliphatic carbocycles. The molecular formula is C13H24N2O. The Morgan fingerprint density at radius 1 is 1.12 bits per heavy atom. The van der Waals surface area contributed by atoms with Crippen LogP contribution in [0.3, 0.4) is 0 Å². The summed E-state index contributed by atoms with van der Waals surface area (Å²) in [5, 5.41) is 0. The third-order valence-electron chi connectivity index (χ3n) is 4.14. The molecule has 2 rings (SSSR count). The highest BCUT2D eigenvalue weighted by molar-refractivity contribution is 5.86. The van der Waals surface area contributed by atoms with Crippen molar-refractivity contribution in [2.75, 3.05) is 13.1 Å². The van der Waals surface area contributed by atoms with Gasteiger partial charge in [-0.1, -0.05) is 33.1 Å². The molecule has 1 heterocycles. The Morgan fingerprint density at radius 2 is 1.75 bits per heavy atom. The molecule has 1 aliphatic heterocycles. The molecule has 2 N–H and O–H groups in total. The first-order chi connectivity index (χ1) is 7.43. The van der Waals surface area contributed by atoms with Gasteiger partial charge >= 0.3 is 0 Å². The Kier molecular flexibility index (Phi) is 2.99. The zero-order chi connectivity index (χ0) is 11.8. The largest absolute Gasteiger partial charge is 0.341 e. The Labute approximate surface area is 98.4 Å². The van der Waals surface area contributed by atoms with E-state index < -0.39 is 5.54 Å². The van der Waals surface area contributed by atoms with E-state index in [1.165, 1.54) is 6.42 Å². The van der Waals surface area contributed by atoms with Crippen molar-refractivity contribution in [3.63, 3.8) is 0 Å². The number of rotatable bonds is 1. The van der Waals surface area contributed by atoms with Crippen LogP contribution < -0.4 is 5.73 Å². The Bertz CT molecular complexity index is 280. The van der Waals surface area contributed by atoms with Crippen molar-refractivity contribution in [2.45, 2.75) is 57.9 Å². The normalized spacial score (nSPS) is 28.1. The van der Waals surface area contributed by atoms with Crippen LogP contribution in [-0.2, 0) is 4.79 Å². The molecule has 0 atom stereocenters. The van der Waals surface area contributed by atoms with Crippen molar-refractivity contribution < 1.29 is 4.79 Å². The summed E-state index contributed by atoms with van der Waals surface area (Å²) in [6.07, 6.45) is 6.32. The molecule has 1 amide bonds. The van der Waals surface area contributed by atoms with E-state index in [9.17, 15) is 4.79 Å². The number of likely N-dealkylation sites (tertiary alicyclic amines) is 1. The van der Waals surface area contributed by atoms with Crippen LogP contribution in [0.25, 0.3) is 0 Å². The van der Waals surface area contributed by atoms with E-state index in [-0.39, 0.29) is 11.3 Å². The summed E-state index contributed by atoms with van der Waals surface area (Å²) in [7, 11) is 0. The highest BCUT2D eigenvalue weighted by Gasteiger charge is 2.42. The molecule has 1 saturated carbocycles. The fourth-order valence-corrected chi connectivity index (χ4v) is 3.00. The van der Waals surface area contributed by atoms with Crippen molar-refractivity contribution in [3.8, 4) is 0 Å². The van der Waals surface area contributed by atoms with Gasteiger partial charge < -0.3 is 10.6 Å². The number of amides is 1. The smallest absolute Gasteiger partial charge is 0.242 e. The minimum atomic E-state index is -0.543. The summed E-state index contributed by atoms with van der Waals surface area (Å²) in [5.41, 5.74) is 6.02. The first kappa shape index (κ1) is 11.9.